The molecule has 5 heteroatoms. The number of phenols is 1. The van der Waals surface area contributed by atoms with Crippen molar-refractivity contribution in [2.24, 2.45) is 0 Å². The normalized spacial score (nSPS) is 10.6. The molecule has 0 saturated carbocycles. The molecule has 0 atom stereocenters. The second kappa shape index (κ2) is 6.22. The van der Waals surface area contributed by atoms with Crippen molar-refractivity contribution in [3.63, 3.8) is 0 Å². The fourth-order valence-corrected chi connectivity index (χ4v) is 1.40. The summed E-state index contributed by atoms with van der Waals surface area (Å²) in [5.74, 6) is -0.162. The predicted octanol–water partition coefficient (Wildman–Crippen LogP) is 1.05. The van der Waals surface area contributed by atoms with Crippen molar-refractivity contribution < 1.29 is 19.4 Å². The number of hydrogen-bond donors (Lipinski definition) is 2. The van der Waals surface area contributed by atoms with Crippen LogP contribution in [0.2, 0.25) is 0 Å². The van der Waals surface area contributed by atoms with E-state index in [-0.39, 0.29) is 18.2 Å². The van der Waals surface area contributed by atoms with Gasteiger partial charge in [0.25, 0.3) is 5.91 Å². The molecular weight excluding hydrogens is 222 g/mol. The molecule has 0 aromatic heterocycles. The Kier molecular flexibility index (Phi) is 4.93. The smallest absolute Gasteiger partial charge is 0.251 e. The largest absolute Gasteiger partial charge is 0.508 e. The Morgan fingerprint density at radius 1 is 1.41 bits per heavy atom. The molecule has 1 rings (SSSR count). The van der Waals surface area contributed by atoms with Gasteiger partial charge in [-0.05, 0) is 19.1 Å². The van der Waals surface area contributed by atoms with Gasteiger partial charge in [0.05, 0.1) is 6.54 Å². The minimum Gasteiger partial charge on any atom is -0.508 e. The summed E-state index contributed by atoms with van der Waals surface area (Å²) in [6.07, 6.45) is -0.475. The monoisotopic (exact) mass is 239 g/mol. The third-order valence-corrected chi connectivity index (χ3v) is 2.50. The van der Waals surface area contributed by atoms with Crippen molar-refractivity contribution in [2.45, 2.75) is 13.2 Å². The number of amides is 1. The molecule has 5 nitrogen and oxygen atoms in total. The highest BCUT2D eigenvalue weighted by Gasteiger charge is 2.13. The Labute approximate surface area is 100 Å². The minimum absolute atomic E-state index is 0.104. The summed E-state index contributed by atoms with van der Waals surface area (Å²) in [6.45, 7) is 1.94. The molecule has 17 heavy (non-hydrogen) atoms. The van der Waals surface area contributed by atoms with Gasteiger partial charge in [0.15, 0.2) is 6.29 Å². The maximum atomic E-state index is 11.8. The van der Waals surface area contributed by atoms with E-state index in [1.165, 1.54) is 14.2 Å². The molecule has 0 radical (unpaired) electrons. The van der Waals surface area contributed by atoms with Crippen LogP contribution in [-0.2, 0) is 9.47 Å². The van der Waals surface area contributed by atoms with Gasteiger partial charge in [-0.15, -0.1) is 0 Å². The van der Waals surface area contributed by atoms with Gasteiger partial charge in [0.2, 0.25) is 0 Å². The molecule has 0 spiro atoms. The number of phenolic OH excluding ortho intramolecular Hbond substituents is 1. The summed E-state index contributed by atoms with van der Waals surface area (Å²) in [6, 6.07) is 4.82. The lowest BCUT2D eigenvalue weighted by atomic mass is 10.1. The maximum Gasteiger partial charge on any atom is 0.251 e. The van der Waals surface area contributed by atoms with E-state index < -0.39 is 6.29 Å². The Morgan fingerprint density at radius 3 is 2.65 bits per heavy atom. The van der Waals surface area contributed by atoms with Crippen molar-refractivity contribution in [1.82, 2.24) is 5.32 Å². The molecule has 0 aliphatic carbocycles. The first kappa shape index (κ1) is 13.5. The summed E-state index contributed by atoms with van der Waals surface area (Å²) in [7, 11) is 3.00. The van der Waals surface area contributed by atoms with E-state index in [9.17, 15) is 9.90 Å². The predicted molar refractivity (Wildman–Crippen MR) is 63.0 cm³/mol. The van der Waals surface area contributed by atoms with Gasteiger partial charge in [0.1, 0.15) is 5.75 Å². The SMILES string of the molecule is COC(CNC(=O)c1cccc(O)c1C)OC. The Morgan fingerprint density at radius 2 is 2.06 bits per heavy atom. The van der Waals surface area contributed by atoms with E-state index >= 15 is 0 Å². The van der Waals surface area contributed by atoms with Gasteiger partial charge in [0, 0.05) is 25.3 Å². The minimum atomic E-state index is -0.475. The summed E-state index contributed by atoms with van der Waals surface area (Å²) in [4.78, 5) is 11.8. The molecule has 1 aromatic rings. The van der Waals surface area contributed by atoms with Crippen LogP contribution in [0.15, 0.2) is 18.2 Å². The lowest BCUT2D eigenvalue weighted by Crippen LogP contribution is -2.34. The van der Waals surface area contributed by atoms with Gasteiger partial charge in [-0.2, -0.15) is 0 Å². The lowest BCUT2D eigenvalue weighted by Gasteiger charge is -2.14. The average Bonchev–Trinajstić information content (AvgIpc) is 2.33. The number of rotatable bonds is 5. The molecule has 1 aromatic carbocycles. The van der Waals surface area contributed by atoms with Crippen LogP contribution in [-0.4, -0.2) is 38.1 Å². The number of benzene rings is 1. The second-order valence-corrected chi connectivity index (χ2v) is 3.56. The highest BCUT2D eigenvalue weighted by atomic mass is 16.7. The molecule has 0 aliphatic heterocycles. The van der Waals surface area contributed by atoms with Crippen molar-refractivity contribution in [1.29, 1.82) is 0 Å². The third kappa shape index (κ3) is 3.44. The zero-order chi connectivity index (χ0) is 12.8. The third-order valence-electron chi connectivity index (χ3n) is 2.50. The van der Waals surface area contributed by atoms with Gasteiger partial charge in [-0.25, -0.2) is 0 Å². The first-order valence-corrected chi connectivity index (χ1v) is 5.22. The molecular formula is C12H17NO4. The number of nitrogens with one attached hydrogen (secondary N) is 1. The first-order chi connectivity index (χ1) is 8.10. The quantitative estimate of drug-likeness (QED) is 0.754. The van der Waals surface area contributed by atoms with Crippen LogP contribution >= 0.6 is 0 Å². The van der Waals surface area contributed by atoms with Crippen LogP contribution in [0, 0.1) is 6.92 Å². The fourth-order valence-electron chi connectivity index (χ4n) is 1.40. The van der Waals surface area contributed by atoms with Gasteiger partial charge >= 0.3 is 0 Å². The Hall–Kier alpha value is -1.59. The summed E-state index contributed by atoms with van der Waals surface area (Å²) in [5.41, 5.74) is 0.993. The van der Waals surface area contributed by atoms with E-state index in [4.69, 9.17) is 9.47 Å². The highest BCUT2D eigenvalue weighted by Crippen LogP contribution is 2.19. The molecule has 1 amide bonds. The highest BCUT2D eigenvalue weighted by molar-refractivity contribution is 5.96. The standard InChI is InChI=1S/C12H17NO4/c1-8-9(5-4-6-10(8)14)12(15)13-7-11(16-2)17-3/h4-6,11,14H,7H2,1-3H3,(H,13,15). The van der Waals surface area contributed by atoms with Crippen LogP contribution in [0.25, 0.3) is 0 Å². The van der Waals surface area contributed by atoms with Crippen molar-refractivity contribution >= 4 is 5.91 Å². The van der Waals surface area contributed by atoms with E-state index in [1.54, 1.807) is 25.1 Å². The number of carbonyl (C=O) groups is 1. The van der Waals surface area contributed by atoms with Crippen LogP contribution in [0.4, 0.5) is 0 Å². The number of methoxy groups -OCH3 is 2. The summed E-state index contributed by atoms with van der Waals surface area (Å²) >= 11 is 0. The van der Waals surface area contributed by atoms with Crippen LogP contribution in [0.3, 0.4) is 0 Å². The van der Waals surface area contributed by atoms with Gasteiger partial charge in [-0.3, -0.25) is 4.79 Å². The Bertz CT molecular complexity index is 388. The first-order valence-electron chi connectivity index (χ1n) is 5.22. The summed E-state index contributed by atoms with van der Waals surface area (Å²) in [5, 5.41) is 12.2. The van der Waals surface area contributed by atoms with Crippen molar-refractivity contribution in [3.05, 3.63) is 29.3 Å². The topological polar surface area (TPSA) is 67.8 Å². The second-order valence-electron chi connectivity index (χ2n) is 3.56. The van der Waals surface area contributed by atoms with Crippen molar-refractivity contribution in [2.75, 3.05) is 20.8 Å². The van der Waals surface area contributed by atoms with Crippen LogP contribution in [0.5, 0.6) is 5.75 Å². The summed E-state index contributed by atoms with van der Waals surface area (Å²) < 4.78 is 9.91. The van der Waals surface area contributed by atoms with Crippen LogP contribution in [0.1, 0.15) is 15.9 Å². The van der Waals surface area contributed by atoms with E-state index in [1.807, 2.05) is 0 Å². The number of aromatic hydroxyl groups is 1. The molecule has 0 aliphatic rings. The molecule has 94 valence electrons. The molecule has 2 N–H and O–H groups in total. The Balaban J connectivity index is 2.67. The zero-order valence-electron chi connectivity index (χ0n) is 10.2. The van der Waals surface area contributed by atoms with Gasteiger partial charge < -0.3 is 19.9 Å². The molecule has 0 unspecified atom stereocenters. The average molecular weight is 239 g/mol. The van der Waals surface area contributed by atoms with Crippen molar-refractivity contribution in [3.8, 4) is 5.75 Å². The number of ether oxygens (including phenoxy) is 2. The fraction of sp³-hybridized carbons (Fsp3) is 0.417. The number of hydrogen-bond acceptors (Lipinski definition) is 4. The molecule has 0 saturated heterocycles. The van der Waals surface area contributed by atoms with E-state index in [0.717, 1.165) is 0 Å². The van der Waals surface area contributed by atoms with E-state index in [0.29, 0.717) is 11.1 Å². The number of carbonyl (C=O) groups excluding carboxylic acids is 1. The van der Waals surface area contributed by atoms with Gasteiger partial charge in [-0.1, -0.05) is 6.07 Å². The molecule has 0 heterocycles. The van der Waals surface area contributed by atoms with E-state index in [2.05, 4.69) is 5.32 Å². The maximum absolute atomic E-state index is 11.8. The molecule has 0 fully saturated rings. The van der Waals surface area contributed by atoms with Crippen LogP contribution < -0.4 is 5.32 Å². The lowest BCUT2D eigenvalue weighted by molar-refractivity contribution is -0.0974. The zero-order valence-corrected chi connectivity index (χ0v) is 10.2. The molecule has 0 bridgehead atoms.